The van der Waals surface area contributed by atoms with Crippen molar-refractivity contribution < 1.29 is 9.63 Å². The van der Waals surface area contributed by atoms with Crippen molar-refractivity contribution in [3.05, 3.63) is 46.7 Å². The van der Waals surface area contributed by atoms with Gasteiger partial charge < -0.3 is 9.63 Å². The van der Waals surface area contributed by atoms with E-state index in [1.54, 1.807) is 12.1 Å². The van der Waals surface area contributed by atoms with Crippen LogP contribution in [-0.2, 0) is 0 Å². The Balaban J connectivity index is 2.05. The molecule has 21 heavy (non-hydrogen) atoms. The topological polar surface area (TPSA) is 72.0 Å². The second kappa shape index (κ2) is 5.18. The molecule has 0 aliphatic rings. The fraction of sp³-hybridized carbons (Fsp3) is 0.133. The Bertz CT molecular complexity index is 794. The van der Waals surface area contributed by atoms with Gasteiger partial charge in [0.15, 0.2) is 0 Å². The number of aromatic nitrogens is 3. The van der Waals surface area contributed by atoms with Gasteiger partial charge in [0.1, 0.15) is 5.75 Å². The van der Waals surface area contributed by atoms with E-state index < -0.39 is 0 Å². The Morgan fingerprint density at radius 2 is 1.76 bits per heavy atom. The van der Waals surface area contributed by atoms with Crippen molar-refractivity contribution in [2.45, 2.75) is 13.8 Å². The monoisotopic (exact) mass is 301 g/mol. The molecule has 0 saturated carbocycles. The highest BCUT2D eigenvalue weighted by Gasteiger charge is 2.15. The van der Waals surface area contributed by atoms with E-state index in [1.807, 2.05) is 26.0 Å². The summed E-state index contributed by atoms with van der Waals surface area (Å²) in [5, 5.41) is 14.3. The molecule has 3 rings (SSSR count). The molecule has 0 radical (unpaired) electrons. The van der Waals surface area contributed by atoms with Crippen LogP contribution in [-0.4, -0.2) is 20.2 Å². The first kappa shape index (κ1) is 13.6. The summed E-state index contributed by atoms with van der Waals surface area (Å²) in [6.45, 7) is 3.81. The van der Waals surface area contributed by atoms with Crippen LogP contribution in [0.5, 0.6) is 5.75 Å². The molecule has 0 spiro atoms. The average Bonchev–Trinajstić information content (AvgIpc) is 2.90. The molecule has 5 nitrogen and oxygen atoms in total. The maximum absolute atomic E-state index is 9.86. The smallest absolute Gasteiger partial charge is 0.262 e. The second-order valence-corrected chi connectivity index (χ2v) is 5.16. The SMILES string of the molecule is Cc1cc(-c2noc(-c3cc(Cl)ccc3O)n2)cc(C)n1. The summed E-state index contributed by atoms with van der Waals surface area (Å²) in [5.74, 6) is 0.701. The molecule has 1 aromatic carbocycles. The van der Waals surface area contributed by atoms with Gasteiger partial charge in [-0.2, -0.15) is 4.98 Å². The third-order valence-electron chi connectivity index (χ3n) is 2.95. The Morgan fingerprint density at radius 3 is 2.48 bits per heavy atom. The van der Waals surface area contributed by atoms with E-state index in [2.05, 4.69) is 15.1 Å². The summed E-state index contributed by atoms with van der Waals surface area (Å²) in [4.78, 5) is 8.62. The number of halogens is 1. The van der Waals surface area contributed by atoms with E-state index in [-0.39, 0.29) is 11.6 Å². The molecule has 0 amide bonds. The zero-order valence-corrected chi connectivity index (χ0v) is 12.2. The minimum atomic E-state index is 0.0386. The van der Waals surface area contributed by atoms with Crippen LogP contribution in [0.3, 0.4) is 0 Å². The van der Waals surface area contributed by atoms with Crippen LogP contribution >= 0.6 is 11.6 Å². The predicted octanol–water partition coefficient (Wildman–Crippen LogP) is 3.77. The van der Waals surface area contributed by atoms with Gasteiger partial charge in [0, 0.05) is 22.0 Å². The van der Waals surface area contributed by atoms with Crippen molar-refractivity contribution in [2.24, 2.45) is 0 Å². The molecule has 106 valence electrons. The van der Waals surface area contributed by atoms with Gasteiger partial charge in [-0.15, -0.1) is 0 Å². The van der Waals surface area contributed by atoms with Crippen molar-refractivity contribution in [2.75, 3.05) is 0 Å². The normalized spacial score (nSPS) is 10.8. The summed E-state index contributed by atoms with van der Waals surface area (Å²) in [5.41, 5.74) is 2.98. The number of aromatic hydroxyl groups is 1. The maximum atomic E-state index is 9.86. The Morgan fingerprint density at radius 1 is 1.05 bits per heavy atom. The molecule has 2 heterocycles. The third-order valence-corrected chi connectivity index (χ3v) is 3.19. The molecular weight excluding hydrogens is 290 g/mol. The Hall–Kier alpha value is -2.40. The maximum Gasteiger partial charge on any atom is 0.262 e. The Kier molecular flexibility index (Phi) is 3.35. The van der Waals surface area contributed by atoms with Crippen LogP contribution in [0.4, 0.5) is 0 Å². The molecule has 0 bridgehead atoms. The second-order valence-electron chi connectivity index (χ2n) is 4.72. The minimum absolute atomic E-state index is 0.0386. The number of pyridine rings is 1. The highest BCUT2D eigenvalue weighted by atomic mass is 35.5. The molecule has 0 atom stereocenters. The Labute approximate surface area is 126 Å². The summed E-state index contributed by atoms with van der Waals surface area (Å²) in [6, 6.07) is 8.41. The van der Waals surface area contributed by atoms with Crippen molar-refractivity contribution in [1.82, 2.24) is 15.1 Å². The molecule has 0 aliphatic heterocycles. The number of hydrogen-bond acceptors (Lipinski definition) is 5. The first-order valence-corrected chi connectivity index (χ1v) is 6.69. The van der Waals surface area contributed by atoms with Gasteiger partial charge in [-0.25, -0.2) is 0 Å². The molecule has 0 saturated heterocycles. The fourth-order valence-electron chi connectivity index (χ4n) is 2.09. The van der Waals surface area contributed by atoms with Gasteiger partial charge in [-0.05, 0) is 44.2 Å². The molecule has 1 N–H and O–H groups in total. The molecule has 0 unspecified atom stereocenters. The lowest BCUT2D eigenvalue weighted by Crippen LogP contribution is -1.89. The molecular formula is C15H12ClN3O2. The summed E-state index contributed by atoms with van der Waals surface area (Å²) >= 11 is 5.92. The van der Waals surface area contributed by atoms with Gasteiger partial charge in [0.2, 0.25) is 5.82 Å². The highest BCUT2D eigenvalue weighted by molar-refractivity contribution is 6.30. The predicted molar refractivity (Wildman–Crippen MR) is 79.1 cm³/mol. The molecule has 0 aliphatic carbocycles. The fourth-order valence-corrected chi connectivity index (χ4v) is 2.27. The van der Waals surface area contributed by atoms with Crippen LogP contribution in [0.25, 0.3) is 22.8 Å². The van der Waals surface area contributed by atoms with E-state index in [1.165, 1.54) is 6.07 Å². The first-order chi connectivity index (χ1) is 10.0. The lowest BCUT2D eigenvalue weighted by Gasteiger charge is -2.00. The van der Waals surface area contributed by atoms with Gasteiger partial charge >= 0.3 is 0 Å². The van der Waals surface area contributed by atoms with Crippen molar-refractivity contribution in [3.63, 3.8) is 0 Å². The largest absolute Gasteiger partial charge is 0.507 e. The lowest BCUT2D eigenvalue weighted by molar-refractivity contribution is 0.425. The summed E-state index contributed by atoms with van der Waals surface area (Å²) in [6.07, 6.45) is 0. The number of benzene rings is 1. The molecule has 6 heteroatoms. The minimum Gasteiger partial charge on any atom is -0.507 e. The number of phenolic OH excluding ortho intramolecular Hbond substituents is 1. The van der Waals surface area contributed by atoms with Gasteiger partial charge in [-0.1, -0.05) is 16.8 Å². The highest BCUT2D eigenvalue weighted by Crippen LogP contribution is 2.31. The average molecular weight is 302 g/mol. The van der Waals surface area contributed by atoms with Crippen LogP contribution in [0.2, 0.25) is 5.02 Å². The third kappa shape index (κ3) is 2.73. The number of aryl methyl sites for hydroxylation is 2. The number of rotatable bonds is 2. The van der Waals surface area contributed by atoms with Gasteiger partial charge in [0.25, 0.3) is 5.89 Å². The van der Waals surface area contributed by atoms with Crippen LogP contribution < -0.4 is 0 Å². The van der Waals surface area contributed by atoms with Crippen molar-refractivity contribution >= 4 is 11.6 Å². The van der Waals surface area contributed by atoms with Crippen LogP contribution in [0.1, 0.15) is 11.4 Å². The summed E-state index contributed by atoms with van der Waals surface area (Å²) in [7, 11) is 0. The zero-order chi connectivity index (χ0) is 15.0. The number of nitrogens with zero attached hydrogens (tertiary/aromatic N) is 3. The molecule has 3 aromatic rings. The zero-order valence-electron chi connectivity index (χ0n) is 11.5. The van der Waals surface area contributed by atoms with E-state index in [9.17, 15) is 5.11 Å². The quantitative estimate of drug-likeness (QED) is 0.780. The van der Waals surface area contributed by atoms with E-state index >= 15 is 0 Å². The summed E-state index contributed by atoms with van der Waals surface area (Å²) < 4.78 is 5.22. The van der Waals surface area contributed by atoms with Gasteiger partial charge in [0.05, 0.1) is 5.56 Å². The number of phenols is 1. The number of hydrogen-bond donors (Lipinski definition) is 1. The first-order valence-electron chi connectivity index (χ1n) is 6.31. The lowest BCUT2D eigenvalue weighted by atomic mass is 10.2. The van der Waals surface area contributed by atoms with Crippen LogP contribution in [0.15, 0.2) is 34.9 Å². The van der Waals surface area contributed by atoms with Crippen molar-refractivity contribution in [3.8, 4) is 28.6 Å². The molecule has 2 aromatic heterocycles. The van der Waals surface area contributed by atoms with E-state index in [4.69, 9.17) is 16.1 Å². The van der Waals surface area contributed by atoms with Crippen LogP contribution in [0, 0.1) is 13.8 Å². The standard InChI is InChI=1S/C15H12ClN3O2/c1-8-5-10(6-9(2)17-8)14-18-15(21-19-14)12-7-11(16)3-4-13(12)20/h3-7,20H,1-2H3. The van der Waals surface area contributed by atoms with Gasteiger partial charge in [-0.3, -0.25) is 4.98 Å². The van der Waals surface area contributed by atoms with E-state index in [0.29, 0.717) is 16.4 Å². The van der Waals surface area contributed by atoms with E-state index in [0.717, 1.165) is 17.0 Å². The van der Waals surface area contributed by atoms with Crippen molar-refractivity contribution in [1.29, 1.82) is 0 Å². The molecule has 0 fully saturated rings.